The van der Waals surface area contributed by atoms with Crippen LogP contribution in [0.3, 0.4) is 0 Å². The molecule has 1 saturated heterocycles. The van der Waals surface area contributed by atoms with E-state index >= 15 is 0 Å². The number of rotatable bonds is 4. The average Bonchev–Trinajstić information content (AvgIpc) is 2.26. The maximum atomic E-state index is 5.75. The normalized spacial score (nSPS) is 22.9. The molecular formula is C13H22O2. The third-order valence-corrected chi connectivity index (χ3v) is 2.41. The van der Waals surface area contributed by atoms with Crippen LogP contribution in [0.2, 0.25) is 0 Å². The largest absolute Gasteiger partial charge is 0.353 e. The maximum absolute atomic E-state index is 5.75. The molecule has 2 heteroatoms. The van der Waals surface area contributed by atoms with E-state index < -0.39 is 0 Å². The van der Waals surface area contributed by atoms with Crippen molar-refractivity contribution in [3.63, 3.8) is 0 Å². The van der Waals surface area contributed by atoms with E-state index in [2.05, 4.69) is 25.7 Å². The topological polar surface area (TPSA) is 18.5 Å². The van der Waals surface area contributed by atoms with Gasteiger partial charge < -0.3 is 9.47 Å². The molecule has 1 aliphatic heterocycles. The highest BCUT2D eigenvalue weighted by molar-refractivity contribution is 4.99. The van der Waals surface area contributed by atoms with Crippen LogP contribution in [0.15, 0.2) is 0 Å². The smallest absolute Gasteiger partial charge is 0.157 e. The second kappa shape index (κ2) is 7.73. The molecule has 1 fully saturated rings. The lowest BCUT2D eigenvalue weighted by Gasteiger charge is -2.25. The second-order valence-electron chi connectivity index (χ2n) is 4.05. The summed E-state index contributed by atoms with van der Waals surface area (Å²) in [6.07, 6.45) is 6.58. The monoisotopic (exact) mass is 210 g/mol. The Kier molecular flexibility index (Phi) is 6.47. The van der Waals surface area contributed by atoms with E-state index in [0.717, 1.165) is 32.3 Å². The first-order chi connectivity index (χ1) is 7.33. The van der Waals surface area contributed by atoms with Crippen LogP contribution in [0.4, 0.5) is 0 Å². The molecule has 0 spiro atoms. The van der Waals surface area contributed by atoms with Gasteiger partial charge in [0.05, 0.1) is 6.10 Å². The van der Waals surface area contributed by atoms with Gasteiger partial charge in [0, 0.05) is 19.4 Å². The van der Waals surface area contributed by atoms with Gasteiger partial charge in [-0.1, -0.05) is 6.92 Å². The molecule has 1 heterocycles. The third kappa shape index (κ3) is 5.81. The van der Waals surface area contributed by atoms with E-state index in [1.165, 1.54) is 12.8 Å². The van der Waals surface area contributed by atoms with Crippen molar-refractivity contribution < 1.29 is 9.47 Å². The van der Waals surface area contributed by atoms with Gasteiger partial charge in [0.1, 0.15) is 0 Å². The first-order valence-corrected chi connectivity index (χ1v) is 6.05. The zero-order valence-electron chi connectivity index (χ0n) is 9.92. The van der Waals surface area contributed by atoms with Crippen LogP contribution in [0, 0.1) is 11.8 Å². The Morgan fingerprint density at radius 3 is 2.93 bits per heavy atom. The molecule has 0 aliphatic carbocycles. The number of ether oxygens (including phenoxy) is 2. The summed E-state index contributed by atoms with van der Waals surface area (Å²) in [5.41, 5.74) is 0. The Hall–Kier alpha value is -0.520. The van der Waals surface area contributed by atoms with Crippen molar-refractivity contribution in [3.8, 4) is 11.8 Å². The van der Waals surface area contributed by atoms with Gasteiger partial charge in [-0.2, -0.15) is 0 Å². The number of hydrogen-bond donors (Lipinski definition) is 0. The minimum absolute atomic E-state index is 0.0155. The molecule has 2 unspecified atom stereocenters. The molecule has 15 heavy (non-hydrogen) atoms. The number of unbranched alkanes of at least 4 members (excludes halogenated alkanes) is 1. The van der Waals surface area contributed by atoms with Crippen LogP contribution in [-0.2, 0) is 9.47 Å². The van der Waals surface area contributed by atoms with Crippen LogP contribution in [0.5, 0.6) is 0 Å². The van der Waals surface area contributed by atoms with Crippen LogP contribution in [0.25, 0.3) is 0 Å². The Labute approximate surface area is 93.3 Å². The molecule has 0 amide bonds. The predicted octanol–water partition coefficient (Wildman–Crippen LogP) is 3.11. The molecule has 0 bridgehead atoms. The van der Waals surface area contributed by atoms with Gasteiger partial charge in [0.25, 0.3) is 0 Å². The predicted molar refractivity (Wildman–Crippen MR) is 61.4 cm³/mol. The fourth-order valence-corrected chi connectivity index (χ4v) is 1.56. The SMILES string of the molecule is CCCC#CCC(C)OC1CCCCO1. The lowest BCUT2D eigenvalue weighted by atomic mass is 10.2. The second-order valence-corrected chi connectivity index (χ2v) is 4.05. The lowest BCUT2D eigenvalue weighted by molar-refractivity contribution is -0.183. The summed E-state index contributed by atoms with van der Waals surface area (Å²) in [6.45, 7) is 5.06. The molecule has 0 saturated carbocycles. The molecule has 1 rings (SSSR count). The van der Waals surface area contributed by atoms with Gasteiger partial charge in [-0.05, 0) is 32.6 Å². The molecule has 0 radical (unpaired) electrons. The van der Waals surface area contributed by atoms with E-state index in [1.807, 2.05) is 0 Å². The molecule has 1 aliphatic rings. The fraction of sp³-hybridized carbons (Fsp3) is 0.846. The summed E-state index contributed by atoms with van der Waals surface area (Å²) in [5.74, 6) is 6.28. The van der Waals surface area contributed by atoms with Crippen LogP contribution >= 0.6 is 0 Å². The Bertz CT molecular complexity index is 208. The molecule has 0 aromatic rings. The lowest BCUT2D eigenvalue weighted by Crippen LogP contribution is -2.26. The van der Waals surface area contributed by atoms with E-state index in [-0.39, 0.29) is 12.4 Å². The quantitative estimate of drug-likeness (QED) is 0.664. The van der Waals surface area contributed by atoms with Gasteiger partial charge in [-0.3, -0.25) is 0 Å². The summed E-state index contributed by atoms with van der Waals surface area (Å²) >= 11 is 0. The molecule has 2 nitrogen and oxygen atoms in total. The molecule has 2 atom stereocenters. The highest BCUT2D eigenvalue weighted by atomic mass is 16.7. The molecule has 0 aromatic carbocycles. The molecule has 0 N–H and O–H groups in total. The average molecular weight is 210 g/mol. The van der Waals surface area contributed by atoms with Crippen molar-refractivity contribution >= 4 is 0 Å². The highest BCUT2D eigenvalue weighted by Crippen LogP contribution is 2.16. The molecular weight excluding hydrogens is 188 g/mol. The van der Waals surface area contributed by atoms with Crippen molar-refractivity contribution in [2.75, 3.05) is 6.61 Å². The van der Waals surface area contributed by atoms with Gasteiger partial charge >= 0.3 is 0 Å². The van der Waals surface area contributed by atoms with Crippen molar-refractivity contribution in [3.05, 3.63) is 0 Å². The summed E-state index contributed by atoms with van der Waals surface area (Å²) in [7, 11) is 0. The summed E-state index contributed by atoms with van der Waals surface area (Å²) in [4.78, 5) is 0. The summed E-state index contributed by atoms with van der Waals surface area (Å²) in [6, 6.07) is 0. The number of hydrogen-bond acceptors (Lipinski definition) is 2. The van der Waals surface area contributed by atoms with Crippen molar-refractivity contribution in [1.29, 1.82) is 0 Å². The molecule has 0 aromatic heterocycles. The zero-order valence-corrected chi connectivity index (χ0v) is 9.92. The Morgan fingerprint density at radius 1 is 1.40 bits per heavy atom. The van der Waals surface area contributed by atoms with Gasteiger partial charge in [-0.25, -0.2) is 0 Å². The van der Waals surface area contributed by atoms with E-state index in [4.69, 9.17) is 9.47 Å². The minimum Gasteiger partial charge on any atom is -0.353 e. The van der Waals surface area contributed by atoms with Crippen LogP contribution in [-0.4, -0.2) is 19.0 Å². The maximum Gasteiger partial charge on any atom is 0.157 e. The standard InChI is InChI=1S/C13H22O2/c1-3-4-5-6-9-12(2)15-13-10-7-8-11-14-13/h12-13H,3-4,7-11H2,1-2H3. The first kappa shape index (κ1) is 12.5. The Morgan fingerprint density at radius 2 is 2.27 bits per heavy atom. The van der Waals surface area contributed by atoms with Crippen molar-refractivity contribution in [2.24, 2.45) is 0 Å². The van der Waals surface area contributed by atoms with Crippen molar-refractivity contribution in [1.82, 2.24) is 0 Å². The minimum atomic E-state index is 0.0155. The van der Waals surface area contributed by atoms with E-state index in [0.29, 0.717) is 0 Å². The van der Waals surface area contributed by atoms with Crippen LogP contribution in [0.1, 0.15) is 52.4 Å². The van der Waals surface area contributed by atoms with Crippen molar-refractivity contribution in [2.45, 2.75) is 64.8 Å². The highest BCUT2D eigenvalue weighted by Gasteiger charge is 2.16. The van der Waals surface area contributed by atoms with Gasteiger partial charge in [0.15, 0.2) is 6.29 Å². The van der Waals surface area contributed by atoms with E-state index in [9.17, 15) is 0 Å². The fourth-order valence-electron chi connectivity index (χ4n) is 1.56. The third-order valence-electron chi connectivity index (χ3n) is 2.41. The van der Waals surface area contributed by atoms with Crippen LogP contribution < -0.4 is 0 Å². The Balaban J connectivity index is 2.12. The summed E-state index contributed by atoms with van der Waals surface area (Å²) in [5, 5.41) is 0. The summed E-state index contributed by atoms with van der Waals surface area (Å²) < 4.78 is 11.3. The van der Waals surface area contributed by atoms with Gasteiger partial charge in [-0.15, -0.1) is 11.8 Å². The first-order valence-electron chi connectivity index (χ1n) is 6.05. The zero-order chi connectivity index (χ0) is 10.9. The van der Waals surface area contributed by atoms with E-state index in [1.54, 1.807) is 0 Å². The van der Waals surface area contributed by atoms with Gasteiger partial charge in [0.2, 0.25) is 0 Å². The molecule has 86 valence electrons.